The number of benzene rings is 1. The molecule has 6 heteroatoms. The molecule has 1 aromatic carbocycles. The van der Waals surface area contributed by atoms with Crippen molar-refractivity contribution in [1.82, 2.24) is 5.32 Å². The number of hydrogen-bond acceptors (Lipinski definition) is 2. The largest absolute Gasteiger partial charge is 0.345 e. The number of rotatable bonds is 1. The zero-order chi connectivity index (χ0) is 12.6. The lowest BCUT2D eigenvalue weighted by molar-refractivity contribution is -0.130. The molecule has 1 N–H and O–H groups in total. The minimum Gasteiger partial charge on any atom is -0.345 e. The van der Waals surface area contributed by atoms with Gasteiger partial charge in [0, 0.05) is 8.95 Å². The van der Waals surface area contributed by atoms with Gasteiger partial charge in [-0.15, -0.1) is 0 Å². The van der Waals surface area contributed by atoms with Gasteiger partial charge < -0.3 is 5.32 Å². The van der Waals surface area contributed by atoms with E-state index in [0.717, 1.165) is 8.95 Å². The van der Waals surface area contributed by atoms with Crippen LogP contribution >= 0.6 is 31.9 Å². The molecule has 0 aliphatic carbocycles. The number of anilines is 1. The van der Waals surface area contributed by atoms with E-state index in [0.29, 0.717) is 5.69 Å². The second kappa shape index (κ2) is 4.78. The van der Waals surface area contributed by atoms with Crippen molar-refractivity contribution >= 4 is 49.4 Å². The zero-order valence-corrected chi connectivity index (χ0v) is 12.2. The lowest BCUT2D eigenvalue weighted by atomic mass is 10.1. The highest BCUT2D eigenvalue weighted by Gasteiger charge is 2.33. The highest BCUT2D eigenvalue weighted by molar-refractivity contribution is 9.11. The lowest BCUT2D eigenvalue weighted by Gasteiger charge is -2.33. The SMILES string of the molecule is CC1C(=O)NCC(=O)N1c1cc(Br)ccc1Br. The molecule has 0 radical (unpaired) electrons. The summed E-state index contributed by atoms with van der Waals surface area (Å²) < 4.78 is 1.65. The second-order valence-corrected chi connectivity index (χ2v) is 5.52. The zero-order valence-electron chi connectivity index (χ0n) is 9.04. The molecule has 1 aromatic rings. The first-order chi connectivity index (χ1) is 8.00. The number of halogens is 2. The molecule has 0 bridgehead atoms. The van der Waals surface area contributed by atoms with Gasteiger partial charge in [0.15, 0.2) is 0 Å². The Labute approximate surface area is 116 Å². The fourth-order valence-electron chi connectivity index (χ4n) is 1.74. The fourth-order valence-corrected chi connectivity index (χ4v) is 2.53. The third-order valence-corrected chi connectivity index (χ3v) is 3.78. The molecule has 0 spiro atoms. The topological polar surface area (TPSA) is 49.4 Å². The van der Waals surface area contributed by atoms with Crippen LogP contribution in [-0.4, -0.2) is 24.4 Å². The molecule has 4 nitrogen and oxygen atoms in total. The van der Waals surface area contributed by atoms with Crippen LogP contribution in [0.25, 0.3) is 0 Å². The molecular formula is C11H10Br2N2O2. The summed E-state index contributed by atoms with van der Waals surface area (Å²) in [6.45, 7) is 1.75. The Morgan fingerprint density at radius 3 is 2.76 bits per heavy atom. The van der Waals surface area contributed by atoms with Gasteiger partial charge in [0.2, 0.25) is 11.8 Å². The van der Waals surface area contributed by atoms with Gasteiger partial charge in [-0.05, 0) is 41.1 Å². The summed E-state index contributed by atoms with van der Waals surface area (Å²) in [7, 11) is 0. The third-order valence-electron chi connectivity index (χ3n) is 2.62. The van der Waals surface area contributed by atoms with E-state index in [9.17, 15) is 9.59 Å². The maximum atomic E-state index is 11.9. The lowest BCUT2D eigenvalue weighted by Crippen LogP contribution is -2.57. The van der Waals surface area contributed by atoms with E-state index in [1.54, 1.807) is 6.92 Å². The Hall–Kier alpha value is -0.880. The summed E-state index contributed by atoms with van der Waals surface area (Å²) in [4.78, 5) is 25.0. The van der Waals surface area contributed by atoms with E-state index in [2.05, 4.69) is 37.2 Å². The number of carbonyl (C=O) groups excluding carboxylic acids is 2. The molecule has 1 heterocycles. The maximum absolute atomic E-state index is 11.9. The number of carbonyl (C=O) groups is 2. The monoisotopic (exact) mass is 360 g/mol. The first-order valence-electron chi connectivity index (χ1n) is 5.05. The predicted molar refractivity (Wildman–Crippen MR) is 71.8 cm³/mol. The van der Waals surface area contributed by atoms with Crippen molar-refractivity contribution < 1.29 is 9.59 Å². The summed E-state index contributed by atoms with van der Waals surface area (Å²) in [5.74, 6) is -0.257. The first kappa shape index (κ1) is 12.6. The molecule has 17 heavy (non-hydrogen) atoms. The molecule has 1 atom stereocenters. The average Bonchev–Trinajstić information content (AvgIpc) is 2.29. The number of piperazine rings is 1. The van der Waals surface area contributed by atoms with Crippen LogP contribution in [0.4, 0.5) is 5.69 Å². The quantitative estimate of drug-likeness (QED) is 0.832. The number of hydrogen-bond donors (Lipinski definition) is 1. The van der Waals surface area contributed by atoms with Gasteiger partial charge in [0.25, 0.3) is 0 Å². The molecule has 90 valence electrons. The van der Waals surface area contributed by atoms with Crippen molar-refractivity contribution in [2.45, 2.75) is 13.0 Å². The van der Waals surface area contributed by atoms with Crippen molar-refractivity contribution in [2.24, 2.45) is 0 Å². The molecule has 2 rings (SSSR count). The van der Waals surface area contributed by atoms with Crippen molar-refractivity contribution in [1.29, 1.82) is 0 Å². The van der Waals surface area contributed by atoms with Crippen LogP contribution in [0.1, 0.15) is 6.92 Å². The molecule has 1 saturated heterocycles. The molecular weight excluding hydrogens is 352 g/mol. The first-order valence-corrected chi connectivity index (χ1v) is 6.64. The number of nitrogens with zero attached hydrogens (tertiary/aromatic N) is 1. The Morgan fingerprint density at radius 2 is 2.06 bits per heavy atom. The minimum absolute atomic E-state index is 0.0438. The summed E-state index contributed by atoms with van der Waals surface area (Å²) in [6, 6.07) is 5.03. The second-order valence-electron chi connectivity index (χ2n) is 3.75. The smallest absolute Gasteiger partial charge is 0.247 e. The Morgan fingerprint density at radius 1 is 1.35 bits per heavy atom. The van der Waals surface area contributed by atoms with Gasteiger partial charge in [-0.25, -0.2) is 0 Å². The van der Waals surface area contributed by atoms with E-state index in [1.807, 2.05) is 18.2 Å². The molecule has 0 aromatic heterocycles. The van der Waals surface area contributed by atoms with Crippen LogP contribution < -0.4 is 10.2 Å². The molecule has 1 fully saturated rings. The summed E-state index contributed by atoms with van der Waals surface area (Å²) >= 11 is 6.75. The van der Waals surface area contributed by atoms with Crippen LogP contribution in [0, 0.1) is 0 Å². The van der Waals surface area contributed by atoms with Gasteiger partial charge in [-0.2, -0.15) is 0 Å². The predicted octanol–water partition coefficient (Wildman–Crippen LogP) is 2.06. The molecule has 1 unspecified atom stereocenters. The van der Waals surface area contributed by atoms with E-state index in [-0.39, 0.29) is 18.4 Å². The van der Waals surface area contributed by atoms with Crippen molar-refractivity contribution in [3.05, 3.63) is 27.1 Å². The standard InChI is InChI=1S/C11H10Br2N2O2/c1-6-11(17)14-5-10(16)15(6)9-4-7(12)2-3-8(9)13/h2-4,6H,5H2,1H3,(H,14,17). The van der Waals surface area contributed by atoms with Crippen LogP contribution in [0.5, 0.6) is 0 Å². The van der Waals surface area contributed by atoms with Gasteiger partial charge in [0.1, 0.15) is 6.04 Å². The van der Waals surface area contributed by atoms with Crippen LogP contribution in [-0.2, 0) is 9.59 Å². The van der Waals surface area contributed by atoms with Gasteiger partial charge in [0.05, 0.1) is 12.2 Å². The summed E-state index contributed by atoms with van der Waals surface area (Å²) in [6.07, 6.45) is 0. The van der Waals surface area contributed by atoms with Gasteiger partial charge in [-0.3, -0.25) is 14.5 Å². The number of nitrogens with one attached hydrogen (secondary N) is 1. The van der Waals surface area contributed by atoms with Crippen LogP contribution in [0.15, 0.2) is 27.1 Å². The fraction of sp³-hybridized carbons (Fsp3) is 0.273. The van der Waals surface area contributed by atoms with E-state index >= 15 is 0 Å². The highest BCUT2D eigenvalue weighted by atomic mass is 79.9. The number of amides is 2. The van der Waals surface area contributed by atoms with E-state index < -0.39 is 6.04 Å². The van der Waals surface area contributed by atoms with Crippen molar-refractivity contribution in [3.63, 3.8) is 0 Å². The summed E-state index contributed by atoms with van der Waals surface area (Å²) in [5, 5.41) is 2.56. The Balaban J connectivity index is 2.46. The van der Waals surface area contributed by atoms with Gasteiger partial charge >= 0.3 is 0 Å². The Kier molecular flexibility index (Phi) is 3.53. The van der Waals surface area contributed by atoms with E-state index in [1.165, 1.54) is 4.90 Å². The molecule has 2 amide bonds. The molecule has 0 saturated carbocycles. The highest BCUT2D eigenvalue weighted by Crippen LogP contribution is 2.31. The molecule has 1 aliphatic heterocycles. The van der Waals surface area contributed by atoms with Crippen LogP contribution in [0.2, 0.25) is 0 Å². The normalized spacial score (nSPS) is 20.4. The summed E-state index contributed by atoms with van der Waals surface area (Å²) in [5.41, 5.74) is 0.701. The third kappa shape index (κ3) is 2.37. The van der Waals surface area contributed by atoms with Gasteiger partial charge in [-0.1, -0.05) is 15.9 Å². The average molecular weight is 362 g/mol. The van der Waals surface area contributed by atoms with Crippen LogP contribution in [0.3, 0.4) is 0 Å². The van der Waals surface area contributed by atoms with E-state index in [4.69, 9.17) is 0 Å². The van der Waals surface area contributed by atoms with Crippen molar-refractivity contribution in [2.75, 3.05) is 11.4 Å². The Bertz CT molecular complexity index is 490. The molecule has 1 aliphatic rings. The maximum Gasteiger partial charge on any atom is 0.247 e. The van der Waals surface area contributed by atoms with Crippen molar-refractivity contribution in [3.8, 4) is 0 Å². The minimum atomic E-state index is -0.498.